The highest BCUT2D eigenvalue weighted by Gasteiger charge is 2.12. The third kappa shape index (κ3) is 3.40. The van der Waals surface area contributed by atoms with Crippen LogP contribution in [0.15, 0.2) is 42.5 Å². The number of methoxy groups -OCH3 is 1. The van der Waals surface area contributed by atoms with Crippen LogP contribution in [-0.4, -0.2) is 13.7 Å². The fraction of sp³-hybridized carbons (Fsp3) is 0.200. The van der Waals surface area contributed by atoms with Crippen LogP contribution in [0.25, 0.3) is 0 Å². The normalized spacial score (nSPS) is 12.0. The number of nitrogens with one attached hydrogen (secondary N) is 1. The van der Waals surface area contributed by atoms with Gasteiger partial charge in [-0.25, -0.2) is 4.39 Å². The van der Waals surface area contributed by atoms with Crippen molar-refractivity contribution in [2.24, 2.45) is 5.73 Å². The van der Waals surface area contributed by atoms with Crippen molar-refractivity contribution in [1.29, 1.82) is 0 Å². The van der Waals surface area contributed by atoms with E-state index in [1.165, 1.54) is 13.2 Å². The van der Waals surface area contributed by atoms with Gasteiger partial charge in [0.2, 0.25) is 0 Å². The molecule has 0 amide bonds. The first-order chi connectivity index (χ1) is 9.63. The molecule has 0 aromatic heterocycles. The Hall–Kier alpha value is -1.78. The quantitative estimate of drug-likeness (QED) is 0.886. The van der Waals surface area contributed by atoms with Gasteiger partial charge in [0.05, 0.1) is 13.2 Å². The van der Waals surface area contributed by atoms with E-state index in [4.69, 9.17) is 22.1 Å². The predicted molar refractivity (Wildman–Crippen MR) is 79.8 cm³/mol. The molecule has 5 heteroatoms. The van der Waals surface area contributed by atoms with Crippen LogP contribution in [0.4, 0.5) is 10.1 Å². The van der Waals surface area contributed by atoms with Gasteiger partial charge in [0.25, 0.3) is 0 Å². The summed E-state index contributed by atoms with van der Waals surface area (Å²) in [5, 5.41) is 3.91. The molecule has 3 N–H and O–H groups in total. The Bertz CT molecular complexity index is 575. The minimum absolute atomic E-state index is 0.184. The van der Waals surface area contributed by atoms with Crippen LogP contribution < -0.4 is 15.8 Å². The maximum atomic E-state index is 13.7. The van der Waals surface area contributed by atoms with Gasteiger partial charge in [-0.2, -0.15) is 0 Å². The van der Waals surface area contributed by atoms with Crippen molar-refractivity contribution in [2.45, 2.75) is 6.04 Å². The van der Waals surface area contributed by atoms with Gasteiger partial charge in [-0.1, -0.05) is 17.7 Å². The Kier molecular flexibility index (Phi) is 4.82. The van der Waals surface area contributed by atoms with E-state index in [1.54, 1.807) is 24.3 Å². The largest absolute Gasteiger partial charge is 0.494 e. The van der Waals surface area contributed by atoms with Gasteiger partial charge in [-0.15, -0.1) is 0 Å². The zero-order chi connectivity index (χ0) is 14.5. The number of halogens is 2. The molecule has 3 nitrogen and oxygen atoms in total. The Morgan fingerprint density at radius 1 is 1.25 bits per heavy atom. The second-order valence-electron chi connectivity index (χ2n) is 4.33. The molecule has 0 heterocycles. The molecule has 0 bridgehead atoms. The number of rotatable bonds is 5. The van der Waals surface area contributed by atoms with E-state index in [-0.39, 0.29) is 11.8 Å². The number of ether oxygens (including phenoxy) is 1. The molecule has 2 aromatic carbocycles. The van der Waals surface area contributed by atoms with Crippen LogP contribution in [0.5, 0.6) is 5.75 Å². The molecule has 1 atom stereocenters. The molecule has 0 saturated carbocycles. The Balaban J connectivity index is 2.19. The van der Waals surface area contributed by atoms with Gasteiger partial charge in [-0.05, 0) is 42.0 Å². The lowest BCUT2D eigenvalue weighted by Gasteiger charge is -2.19. The molecule has 2 aromatic rings. The van der Waals surface area contributed by atoms with Crippen LogP contribution >= 0.6 is 11.6 Å². The maximum absolute atomic E-state index is 13.7. The maximum Gasteiger partial charge on any atom is 0.165 e. The number of benzene rings is 2. The molecule has 1 unspecified atom stereocenters. The first-order valence-corrected chi connectivity index (χ1v) is 6.57. The highest BCUT2D eigenvalue weighted by Crippen LogP contribution is 2.24. The second-order valence-corrected chi connectivity index (χ2v) is 4.77. The monoisotopic (exact) mass is 294 g/mol. The zero-order valence-corrected chi connectivity index (χ0v) is 11.8. The van der Waals surface area contributed by atoms with Gasteiger partial charge in [0.1, 0.15) is 0 Å². The summed E-state index contributed by atoms with van der Waals surface area (Å²) in [6, 6.07) is 11.9. The lowest BCUT2D eigenvalue weighted by atomic mass is 10.1. The minimum Gasteiger partial charge on any atom is -0.494 e. The summed E-state index contributed by atoms with van der Waals surface area (Å²) in [5.74, 6) is -0.183. The van der Waals surface area contributed by atoms with Crippen molar-refractivity contribution in [3.63, 3.8) is 0 Å². The molecule has 0 aliphatic rings. The average molecular weight is 295 g/mol. The summed E-state index contributed by atoms with van der Waals surface area (Å²) in [4.78, 5) is 0. The van der Waals surface area contributed by atoms with Crippen molar-refractivity contribution in [3.05, 3.63) is 58.9 Å². The summed E-state index contributed by atoms with van der Waals surface area (Å²) in [6.07, 6.45) is 0. The van der Waals surface area contributed by atoms with Crippen molar-refractivity contribution < 1.29 is 9.13 Å². The van der Waals surface area contributed by atoms with Crippen molar-refractivity contribution in [3.8, 4) is 5.75 Å². The Labute approximate surface area is 122 Å². The molecule has 0 aliphatic carbocycles. The first-order valence-electron chi connectivity index (χ1n) is 6.19. The molecule has 20 heavy (non-hydrogen) atoms. The fourth-order valence-electron chi connectivity index (χ4n) is 1.93. The van der Waals surface area contributed by atoms with Crippen molar-refractivity contribution in [2.75, 3.05) is 19.0 Å². The number of anilines is 1. The molecule has 106 valence electrons. The summed E-state index contributed by atoms with van der Waals surface area (Å²) in [5.41, 5.74) is 7.40. The zero-order valence-electron chi connectivity index (χ0n) is 11.1. The van der Waals surface area contributed by atoms with Gasteiger partial charge < -0.3 is 15.8 Å². The molecular weight excluding hydrogens is 279 g/mol. The van der Waals surface area contributed by atoms with Crippen LogP contribution in [0.1, 0.15) is 11.6 Å². The molecule has 2 rings (SSSR count). The fourth-order valence-corrected chi connectivity index (χ4v) is 2.05. The lowest BCUT2D eigenvalue weighted by molar-refractivity contribution is 0.386. The third-order valence-electron chi connectivity index (χ3n) is 3.00. The van der Waals surface area contributed by atoms with Crippen molar-refractivity contribution in [1.82, 2.24) is 0 Å². The summed E-state index contributed by atoms with van der Waals surface area (Å²) < 4.78 is 18.6. The molecule has 0 aliphatic heterocycles. The highest BCUT2D eigenvalue weighted by molar-refractivity contribution is 6.30. The van der Waals surface area contributed by atoms with Gasteiger partial charge in [0, 0.05) is 17.3 Å². The minimum atomic E-state index is -0.402. The number of hydrogen-bond acceptors (Lipinski definition) is 3. The Morgan fingerprint density at radius 2 is 1.95 bits per heavy atom. The molecule has 0 saturated heterocycles. The Morgan fingerprint density at radius 3 is 2.50 bits per heavy atom. The highest BCUT2D eigenvalue weighted by atomic mass is 35.5. The molecule has 0 spiro atoms. The summed E-state index contributed by atoms with van der Waals surface area (Å²) in [7, 11) is 1.43. The van der Waals surface area contributed by atoms with Gasteiger partial charge in [0.15, 0.2) is 11.6 Å². The smallest absolute Gasteiger partial charge is 0.165 e. The first kappa shape index (κ1) is 14.6. The van der Waals surface area contributed by atoms with E-state index in [0.29, 0.717) is 11.6 Å². The van der Waals surface area contributed by atoms with Crippen LogP contribution in [0.2, 0.25) is 5.02 Å². The standard InChI is InChI=1S/C15H16ClFN2O/c1-20-15-7-2-10(8-13(15)17)14(9-18)19-12-5-3-11(16)4-6-12/h2-8,14,19H,9,18H2,1H3. The molecule has 0 radical (unpaired) electrons. The van der Waals surface area contributed by atoms with E-state index in [2.05, 4.69) is 5.32 Å². The number of hydrogen-bond donors (Lipinski definition) is 2. The lowest BCUT2D eigenvalue weighted by Crippen LogP contribution is -2.20. The molecule has 0 fully saturated rings. The predicted octanol–water partition coefficient (Wildman–Crippen LogP) is 3.60. The van der Waals surface area contributed by atoms with E-state index >= 15 is 0 Å². The van der Waals surface area contributed by atoms with Gasteiger partial charge in [-0.3, -0.25) is 0 Å². The van der Waals surface area contributed by atoms with Crippen LogP contribution in [-0.2, 0) is 0 Å². The van der Waals surface area contributed by atoms with E-state index in [0.717, 1.165) is 11.3 Å². The van der Waals surface area contributed by atoms with E-state index in [9.17, 15) is 4.39 Å². The van der Waals surface area contributed by atoms with E-state index in [1.807, 2.05) is 12.1 Å². The topological polar surface area (TPSA) is 47.3 Å². The van der Waals surface area contributed by atoms with Gasteiger partial charge >= 0.3 is 0 Å². The average Bonchev–Trinajstić information content (AvgIpc) is 2.46. The third-order valence-corrected chi connectivity index (χ3v) is 3.25. The van der Waals surface area contributed by atoms with Crippen molar-refractivity contribution >= 4 is 17.3 Å². The summed E-state index contributed by atoms with van der Waals surface area (Å²) >= 11 is 5.84. The van der Waals surface area contributed by atoms with E-state index < -0.39 is 5.82 Å². The number of nitrogens with two attached hydrogens (primary N) is 1. The van der Waals surface area contributed by atoms with Crippen LogP contribution in [0.3, 0.4) is 0 Å². The van der Waals surface area contributed by atoms with Crippen LogP contribution in [0, 0.1) is 5.82 Å². The molecular formula is C15H16ClFN2O. The SMILES string of the molecule is COc1ccc(C(CN)Nc2ccc(Cl)cc2)cc1F. The summed E-state index contributed by atoms with van der Waals surface area (Å²) in [6.45, 7) is 0.342. The second kappa shape index (κ2) is 6.59.